The molecule has 6 N–H and O–H groups in total. The maximum atomic E-state index is 14.0. The van der Waals surface area contributed by atoms with E-state index in [9.17, 15) is 37.5 Å². The summed E-state index contributed by atoms with van der Waals surface area (Å²) in [5.41, 5.74) is 13.5. The summed E-state index contributed by atoms with van der Waals surface area (Å²) in [7, 11) is 1.68. The lowest BCUT2D eigenvalue weighted by molar-refractivity contribution is -0.138. The molecule has 50 heavy (non-hydrogen) atoms. The lowest BCUT2D eigenvalue weighted by Crippen LogP contribution is -2.54. The van der Waals surface area contributed by atoms with Crippen molar-refractivity contribution in [1.29, 1.82) is 0 Å². The molecule has 0 aliphatic carbocycles. The number of benzene rings is 2. The van der Waals surface area contributed by atoms with E-state index in [-0.39, 0.29) is 49.6 Å². The van der Waals surface area contributed by atoms with Crippen LogP contribution in [0.15, 0.2) is 41.2 Å². The summed E-state index contributed by atoms with van der Waals surface area (Å²) in [6.07, 6.45) is 4.09. The van der Waals surface area contributed by atoms with E-state index in [0.29, 0.717) is 36.5 Å². The maximum absolute atomic E-state index is 14.0. The van der Waals surface area contributed by atoms with Crippen molar-refractivity contribution < 1.29 is 32.8 Å². The minimum Gasteiger partial charge on any atom is -0.370 e. The number of nitrogens with zero attached hydrogens (tertiary/aromatic N) is 3. The third kappa shape index (κ3) is 8.26. The predicted octanol–water partition coefficient (Wildman–Crippen LogP) is 1.48. The van der Waals surface area contributed by atoms with E-state index >= 15 is 0 Å². The van der Waals surface area contributed by atoms with Crippen LogP contribution in [0.5, 0.6) is 0 Å². The summed E-state index contributed by atoms with van der Waals surface area (Å²) in [6, 6.07) is 6.04. The second-order valence-electron chi connectivity index (χ2n) is 13.2. The molecule has 2 aromatic carbocycles. The Morgan fingerprint density at radius 2 is 1.78 bits per heavy atom. The van der Waals surface area contributed by atoms with Crippen LogP contribution >= 0.6 is 0 Å². The Morgan fingerprint density at radius 1 is 1.04 bits per heavy atom. The Kier molecular flexibility index (Phi) is 11.5. The number of nitrogens with one attached hydrogen (secondary N) is 2. The number of imide groups is 1. The molecule has 5 rings (SSSR count). The van der Waals surface area contributed by atoms with Crippen LogP contribution < -0.4 is 27.8 Å². The van der Waals surface area contributed by atoms with Gasteiger partial charge in [0.15, 0.2) is 11.6 Å². The zero-order chi connectivity index (χ0) is 36.1. The van der Waals surface area contributed by atoms with Crippen LogP contribution in [0.2, 0.25) is 0 Å². The number of hydrogen-bond acceptors (Lipinski definition) is 7. The summed E-state index contributed by atoms with van der Waals surface area (Å²) in [6.45, 7) is 0.889. The van der Waals surface area contributed by atoms with Gasteiger partial charge in [-0.2, -0.15) is 0 Å². The van der Waals surface area contributed by atoms with Gasteiger partial charge in [0.25, 0.3) is 0 Å². The Hall–Kier alpha value is -4.92. The van der Waals surface area contributed by atoms with Gasteiger partial charge in [-0.1, -0.05) is 18.2 Å². The average Bonchev–Trinajstić information content (AvgIpc) is 3.34. The van der Waals surface area contributed by atoms with Gasteiger partial charge in [0.1, 0.15) is 12.1 Å². The number of hydrogen-bond donors (Lipinski definition) is 4. The topological polar surface area (TPSA) is 192 Å². The van der Waals surface area contributed by atoms with Crippen LogP contribution in [0.3, 0.4) is 0 Å². The van der Waals surface area contributed by atoms with Crippen molar-refractivity contribution in [3.05, 3.63) is 69.6 Å². The van der Waals surface area contributed by atoms with E-state index in [0.717, 1.165) is 48.9 Å². The van der Waals surface area contributed by atoms with E-state index in [1.54, 1.807) is 16.5 Å². The van der Waals surface area contributed by atoms with Crippen LogP contribution in [-0.2, 0) is 43.9 Å². The van der Waals surface area contributed by atoms with Gasteiger partial charge in [0.05, 0.1) is 17.1 Å². The molecule has 2 aliphatic rings. The fourth-order valence-corrected chi connectivity index (χ4v) is 7.00. The van der Waals surface area contributed by atoms with Crippen molar-refractivity contribution in [2.75, 3.05) is 13.1 Å². The highest BCUT2D eigenvalue weighted by atomic mass is 19.2. The smallest absolute Gasteiger partial charge is 0.329 e. The van der Waals surface area contributed by atoms with E-state index < -0.39 is 47.5 Å². The first kappa shape index (κ1) is 36.4. The molecule has 3 aromatic rings. The number of piperidine rings is 2. The van der Waals surface area contributed by atoms with Crippen molar-refractivity contribution >= 4 is 40.6 Å². The van der Waals surface area contributed by atoms with Gasteiger partial charge in [-0.05, 0) is 80.2 Å². The number of para-hydroxylation sites is 1. The summed E-state index contributed by atoms with van der Waals surface area (Å²) in [5.74, 6) is -4.21. The first-order valence-corrected chi connectivity index (χ1v) is 16.9. The van der Waals surface area contributed by atoms with Gasteiger partial charge in [0, 0.05) is 39.4 Å². The zero-order valence-electron chi connectivity index (χ0n) is 28.0. The molecular weight excluding hydrogens is 652 g/mol. The molecule has 1 unspecified atom stereocenters. The van der Waals surface area contributed by atoms with Gasteiger partial charge in [-0.15, -0.1) is 0 Å². The molecule has 2 fully saturated rings. The number of carbonyl (C=O) groups is 5. The van der Waals surface area contributed by atoms with Crippen molar-refractivity contribution in [2.45, 2.75) is 82.3 Å². The van der Waals surface area contributed by atoms with Crippen LogP contribution in [0, 0.1) is 17.6 Å². The van der Waals surface area contributed by atoms with Crippen molar-refractivity contribution in [2.24, 2.45) is 24.4 Å². The molecule has 0 bridgehead atoms. The minimum atomic E-state index is -1.09. The lowest BCUT2D eigenvalue weighted by Gasteiger charge is -2.35. The molecule has 1 aromatic heterocycles. The number of rotatable bonds is 13. The number of aryl methyl sites for hydroxylation is 2. The first-order valence-electron chi connectivity index (χ1n) is 16.9. The summed E-state index contributed by atoms with van der Waals surface area (Å²) in [4.78, 5) is 76.8. The van der Waals surface area contributed by atoms with Gasteiger partial charge < -0.3 is 21.7 Å². The van der Waals surface area contributed by atoms with Crippen molar-refractivity contribution in [3.63, 3.8) is 0 Å². The number of amides is 5. The molecule has 5 amide bonds. The molecule has 0 saturated carbocycles. The molecule has 3 atom stereocenters. The highest BCUT2D eigenvalue weighted by Gasteiger charge is 2.33. The Balaban J connectivity index is 1.20. The highest BCUT2D eigenvalue weighted by molar-refractivity contribution is 6.00. The summed E-state index contributed by atoms with van der Waals surface area (Å²) < 4.78 is 30.6. The van der Waals surface area contributed by atoms with E-state index in [2.05, 4.69) is 10.6 Å². The number of carbonyl (C=O) groups excluding carboxylic acids is 5. The maximum Gasteiger partial charge on any atom is 0.329 e. The Bertz CT molecular complexity index is 1850. The quantitative estimate of drug-likeness (QED) is 0.195. The largest absolute Gasteiger partial charge is 0.370 e. The van der Waals surface area contributed by atoms with Gasteiger partial charge >= 0.3 is 5.69 Å². The van der Waals surface area contributed by atoms with E-state index in [1.165, 1.54) is 10.6 Å². The second-order valence-corrected chi connectivity index (χ2v) is 13.2. The average molecular weight is 696 g/mol. The summed E-state index contributed by atoms with van der Waals surface area (Å²) in [5, 5.41) is 4.98. The fourth-order valence-electron chi connectivity index (χ4n) is 7.00. The Morgan fingerprint density at radius 3 is 2.46 bits per heavy atom. The van der Waals surface area contributed by atoms with Crippen LogP contribution in [0.25, 0.3) is 11.0 Å². The van der Waals surface area contributed by atoms with Crippen LogP contribution in [0.4, 0.5) is 8.78 Å². The number of aromatic nitrogens is 2. The van der Waals surface area contributed by atoms with Gasteiger partial charge in [-0.25, -0.2) is 13.6 Å². The number of primary amides is 1. The zero-order valence-corrected chi connectivity index (χ0v) is 28.0. The molecular formula is C35H43F2N7O6. The first-order chi connectivity index (χ1) is 23.8. The van der Waals surface area contributed by atoms with E-state index in [4.69, 9.17) is 11.5 Å². The molecule has 2 saturated heterocycles. The molecule has 15 heteroatoms. The standard InChI is InChI=1S/C35H43F2N7O6/c1-42-31-22(6-3-7-27(31)44(35(42)50)28-11-13-30(46)41-33(28)48)5-2-4-20-14-16-43(17-15-20)34(49)26(19-21-8-9-23(36)24(37)18-21)40-32(47)25(38)10-12-29(39)45/h3,6-9,18,20,25-26,28H,2,4-5,10-17,19,38H2,1H3,(H2,39,45)(H,40,47)(H,41,46,48)/t25-,26-,28?/m0/s1. The molecule has 268 valence electrons. The monoisotopic (exact) mass is 695 g/mol. The fraction of sp³-hybridized carbons (Fsp3) is 0.486. The minimum absolute atomic E-state index is 0.00484. The summed E-state index contributed by atoms with van der Waals surface area (Å²) >= 11 is 0. The van der Waals surface area contributed by atoms with Gasteiger partial charge in [0.2, 0.25) is 29.5 Å². The molecule has 13 nitrogen and oxygen atoms in total. The van der Waals surface area contributed by atoms with E-state index in [1.807, 2.05) is 18.2 Å². The molecule has 0 radical (unpaired) electrons. The molecule has 3 heterocycles. The number of likely N-dealkylation sites (tertiary alicyclic amines) is 1. The SMILES string of the molecule is Cn1c(=O)n(C2CCC(=O)NC2=O)c2cccc(CCCC3CCN(C(=O)[C@H](Cc4ccc(F)c(F)c4)NC(=O)[C@@H](N)CCC(N)=O)CC3)c21. The molecule has 2 aliphatic heterocycles. The van der Waals surface area contributed by atoms with Crippen molar-refractivity contribution in [1.82, 2.24) is 24.7 Å². The lowest BCUT2D eigenvalue weighted by atomic mass is 9.90. The number of nitrogens with two attached hydrogens (primary N) is 2. The predicted molar refractivity (Wildman–Crippen MR) is 179 cm³/mol. The Labute approximate surface area is 287 Å². The molecule has 0 spiro atoms. The van der Waals surface area contributed by atoms with Crippen LogP contribution in [-0.4, -0.2) is 68.7 Å². The second kappa shape index (κ2) is 15.7. The van der Waals surface area contributed by atoms with Crippen LogP contribution in [0.1, 0.15) is 68.5 Å². The number of imidazole rings is 1. The third-order valence-corrected chi connectivity index (χ3v) is 9.77. The normalized spacial score (nSPS) is 18.2. The highest BCUT2D eigenvalue weighted by Crippen LogP contribution is 2.28. The van der Waals surface area contributed by atoms with Gasteiger partial charge in [-0.3, -0.25) is 38.4 Å². The number of halogens is 2. The third-order valence-electron chi connectivity index (χ3n) is 9.77. The van der Waals surface area contributed by atoms with Crippen molar-refractivity contribution in [3.8, 4) is 0 Å². The number of fused-ring (bicyclic) bond motifs is 1.